The van der Waals surface area contributed by atoms with Gasteiger partial charge in [0.2, 0.25) is 0 Å². The van der Waals surface area contributed by atoms with E-state index in [0.29, 0.717) is 0 Å². The van der Waals surface area contributed by atoms with Crippen LogP contribution in [0, 0.1) is 71.0 Å². The second-order valence-electron chi connectivity index (χ2n) is 0. The van der Waals surface area contributed by atoms with E-state index in [2.05, 4.69) is 27.3 Å². The van der Waals surface area contributed by atoms with Crippen molar-refractivity contribution >= 4 is 0 Å². The first kappa shape index (κ1) is 61.9. The van der Waals surface area contributed by atoms with E-state index in [1.165, 1.54) is 0 Å². The van der Waals surface area contributed by atoms with Gasteiger partial charge in [0.05, 0.1) is 0 Å². The zero-order chi connectivity index (χ0) is 14.0. The van der Waals surface area contributed by atoms with Crippen LogP contribution in [0.2, 0.25) is 0 Å². The summed E-state index contributed by atoms with van der Waals surface area (Å²) in [4.78, 5) is 0. The van der Waals surface area contributed by atoms with Crippen molar-refractivity contribution in [3.05, 3.63) is 39.4 Å². The molecule has 0 heterocycles. The van der Waals surface area contributed by atoms with Crippen molar-refractivity contribution in [2.24, 2.45) is 0 Å². The Labute approximate surface area is 147 Å². The van der Waals surface area contributed by atoms with E-state index >= 15 is 0 Å². The van der Waals surface area contributed by atoms with Gasteiger partial charge in [-0.05, 0) is 0 Å². The van der Waals surface area contributed by atoms with Gasteiger partial charge in [-0.3, -0.25) is 0 Å². The fraction of sp³-hybridized carbons (Fsp3) is 0. The van der Waals surface area contributed by atoms with Crippen LogP contribution in [-0.4, -0.2) is 0 Å². The molecule has 0 atom stereocenters. The third-order valence-corrected chi connectivity index (χ3v) is 0. The zero-order valence-corrected chi connectivity index (χ0v) is 12.8. The second kappa shape index (κ2) is 14600. The molecule has 0 fully saturated rings. The van der Waals surface area contributed by atoms with E-state index in [1.54, 1.807) is 0 Å². The molecule has 0 aliphatic rings. The van der Waals surface area contributed by atoms with Gasteiger partial charge < -0.3 is 71.0 Å². The normalized spacial score (nSPS) is 1.13. The molecular formula is C6FeKMnN6-5. The van der Waals surface area contributed by atoms with Crippen LogP contribution in [0.4, 0.5) is 0 Å². The number of hydrogen-bond donors (Lipinski definition) is 0. The Morgan fingerprint density at radius 3 is 0.467 bits per heavy atom. The van der Waals surface area contributed by atoms with Crippen molar-refractivity contribution in [3.63, 3.8) is 0 Å². The summed E-state index contributed by atoms with van der Waals surface area (Å²) < 4.78 is 0. The molecule has 0 amide bonds. The predicted molar refractivity (Wildman–Crippen MR) is 29.8 cm³/mol. The molecule has 0 aromatic carbocycles. The van der Waals surface area contributed by atoms with Crippen LogP contribution in [0.15, 0.2) is 0 Å². The molecule has 0 spiro atoms. The first-order chi connectivity index (χ1) is 7.00. The number of hydrogen-bond acceptors (Lipinski definition) is 6. The van der Waals surface area contributed by atoms with Crippen LogP contribution in [0.5, 0.6) is 0 Å². The van der Waals surface area contributed by atoms with Gasteiger partial charge in [-0.2, -0.15) is 0 Å². The fourth-order valence-electron chi connectivity index (χ4n) is 0. The molecule has 0 unspecified atom stereocenters. The van der Waals surface area contributed by atoms with Gasteiger partial charge >= 0.3 is 78.7 Å². The SMILES string of the molecule is [C-]#N.[C-]#N.[C-]#N.[C-]#N.[C-]#N.[C-]#N.[K+].[Mn]=[Fe]. The topological polar surface area (TPSA) is 143 Å². The second-order valence-corrected chi connectivity index (χ2v) is 0. The van der Waals surface area contributed by atoms with E-state index in [1.807, 2.05) is 0 Å². The maximum absolute atomic E-state index is 6.25. The van der Waals surface area contributed by atoms with Gasteiger partial charge in [0, 0.05) is 0 Å². The fourth-order valence-corrected chi connectivity index (χ4v) is 0. The van der Waals surface area contributed by atoms with Gasteiger partial charge in [-0.15, -0.1) is 0 Å². The van der Waals surface area contributed by atoms with Gasteiger partial charge in [-0.25, -0.2) is 0 Å². The molecule has 6 nitrogen and oxygen atoms in total. The molecule has 0 aliphatic carbocycles. The van der Waals surface area contributed by atoms with Gasteiger partial charge in [0.1, 0.15) is 0 Å². The Balaban J connectivity index is -0.00000000628. The third kappa shape index (κ3) is 12400. The zero-order valence-electron chi connectivity index (χ0n) is 7.41. The molecule has 0 bridgehead atoms. The third-order valence-electron chi connectivity index (χ3n) is 0. The summed E-state index contributed by atoms with van der Waals surface area (Å²) in [5.74, 6) is 0. The monoisotopic (exact) mass is 306 g/mol. The first-order valence-electron chi connectivity index (χ1n) is 1.48. The Hall–Kier alpha value is -0.385. The average molecular weight is 306 g/mol. The van der Waals surface area contributed by atoms with Crippen molar-refractivity contribution in [1.29, 1.82) is 31.6 Å². The molecule has 0 radical (unpaired) electrons. The van der Waals surface area contributed by atoms with Crippen LogP contribution in [-0.2, 0) is 27.3 Å². The molecule has 9 heteroatoms. The van der Waals surface area contributed by atoms with Crippen LogP contribution in [0.1, 0.15) is 0 Å². The summed E-state index contributed by atoms with van der Waals surface area (Å²) >= 11 is 5.75. The van der Waals surface area contributed by atoms with Gasteiger partial charge in [0.25, 0.3) is 0 Å². The average Bonchev–Trinajstić information content (AvgIpc) is 2.45. The van der Waals surface area contributed by atoms with Crippen molar-refractivity contribution in [2.45, 2.75) is 0 Å². The molecule has 0 rings (SSSR count). The Kier molecular flexibility index (Phi) is 60400. The van der Waals surface area contributed by atoms with Crippen molar-refractivity contribution in [1.82, 2.24) is 0 Å². The standard InChI is InChI=1S/6CN.Fe.K.Mn/c6*1-2;;;/q6*-1;;+1;. The quantitative estimate of drug-likeness (QED) is 0.360. The predicted octanol–water partition coefficient (Wildman–Crippen LogP) is -2.42. The summed E-state index contributed by atoms with van der Waals surface area (Å²) in [7, 11) is 0. The van der Waals surface area contributed by atoms with Gasteiger partial charge in [-0.1, -0.05) is 0 Å². The molecular weight excluding hydrogens is 306 g/mol. The first-order valence-corrected chi connectivity index (χ1v) is 3.61. The van der Waals surface area contributed by atoms with E-state index in [9.17, 15) is 0 Å². The number of nitrogens with zero attached hydrogens (tertiary/aromatic N) is 6. The molecule has 0 aromatic heterocycles. The Morgan fingerprint density at radius 2 is 0.467 bits per heavy atom. The van der Waals surface area contributed by atoms with Crippen molar-refractivity contribution in [2.75, 3.05) is 0 Å². The van der Waals surface area contributed by atoms with Gasteiger partial charge in [0.15, 0.2) is 0 Å². The van der Waals surface area contributed by atoms with E-state index < -0.39 is 0 Å². The summed E-state index contributed by atoms with van der Waals surface area (Å²) in [6.45, 7) is 28.5. The van der Waals surface area contributed by atoms with E-state index in [-0.39, 0.29) is 51.4 Å². The van der Waals surface area contributed by atoms with Crippen molar-refractivity contribution in [3.8, 4) is 0 Å². The van der Waals surface area contributed by atoms with Crippen LogP contribution in [0.3, 0.4) is 0 Å². The van der Waals surface area contributed by atoms with E-state index in [4.69, 9.17) is 71.0 Å². The molecule has 75 valence electrons. The minimum atomic E-state index is 0. The molecule has 0 aliphatic heterocycles. The van der Waals surface area contributed by atoms with Crippen LogP contribution < -0.4 is 51.4 Å². The minimum absolute atomic E-state index is 0. The maximum atomic E-state index is 6.25. The molecule has 15 heavy (non-hydrogen) atoms. The van der Waals surface area contributed by atoms with E-state index in [0.717, 1.165) is 0 Å². The summed E-state index contributed by atoms with van der Waals surface area (Å²) in [5, 5.41) is 37.5. The molecule has 0 aromatic rings. The Bertz CT molecular complexity index is 114. The molecule has 0 saturated carbocycles. The Morgan fingerprint density at radius 1 is 0.467 bits per heavy atom. The van der Waals surface area contributed by atoms with Crippen LogP contribution >= 0.6 is 0 Å². The van der Waals surface area contributed by atoms with Crippen LogP contribution in [0.25, 0.3) is 0 Å². The number of rotatable bonds is 0. The summed E-state index contributed by atoms with van der Waals surface area (Å²) in [6.07, 6.45) is 0. The molecule has 0 saturated heterocycles. The molecule has 0 N–H and O–H groups in total. The summed E-state index contributed by atoms with van der Waals surface area (Å²) in [6, 6.07) is 0. The summed E-state index contributed by atoms with van der Waals surface area (Å²) in [5.41, 5.74) is 0. The van der Waals surface area contributed by atoms with Crippen molar-refractivity contribution < 1.29 is 78.7 Å².